The molecule has 1 spiro atoms. The predicted octanol–water partition coefficient (Wildman–Crippen LogP) is 2.37. The second-order valence-corrected chi connectivity index (χ2v) is 7.27. The fraction of sp³-hybridized carbons (Fsp3) is 0.875. The lowest BCUT2D eigenvalue weighted by atomic mass is 9.90. The molecule has 0 radical (unpaired) electrons. The number of urea groups is 1. The molecule has 3 amide bonds. The van der Waals surface area contributed by atoms with Gasteiger partial charge in [0.1, 0.15) is 6.54 Å². The van der Waals surface area contributed by atoms with Crippen LogP contribution in [0.15, 0.2) is 0 Å². The molecule has 1 atom stereocenters. The fourth-order valence-electron chi connectivity index (χ4n) is 4.03. The first-order valence-corrected chi connectivity index (χ1v) is 8.69. The van der Waals surface area contributed by atoms with Gasteiger partial charge in [-0.3, -0.25) is 4.79 Å². The highest BCUT2D eigenvalue weighted by Gasteiger charge is 2.59. The predicted molar refractivity (Wildman–Crippen MR) is 81.2 cm³/mol. The monoisotopic (exact) mass is 347 g/mol. The molecular weight excluding hydrogens is 323 g/mol. The summed E-state index contributed by atoms with van der Waals surface area (Å²) in [6, 6.07) is -0.665. The number of carbonyl (C=O) groups excluding carboxylic acids is 2. The maximum Gasteiger partial charge on any atom is 0.405 e. The fourth-order valence-corrected chi connectivity index (χ4v) is 4.03. The molecule has 0 bridgehead atoms. The van der Waals surface area contributed by atoms with E-state index in [9.17, 15) is 22.8 Å². The van der Waals surface area contributed by atoms with Crippen LogP contribution in [0.5, 0.6) is 0 Å². The Balaban J connectivity index is 1.45. The van der Waals surface area contributed by atoms with Crippen molar-refractivity contribution in [2.24, 2.45) is 11.3 Å². The van der Waals surface area contributed by atoms with Gasteiger partial charge in [-0.15, -0.1) is 0 Å². The molecule has 3 rings (SSSR count). The van der Waals surface area contributed by atoms with Crippen molar-refractivity contribution in [1.29, 1.82) is 0 Å². The highest BCUT2D eigenvalue weighted by Crippen LogP contribution is 2.60. The second kappa shape index (κ2) is 6.44. The Labute approximate surface area is 139 Å². The van der Waals surface area contributed by atoms with Gasteiger partial charge in [0.15, 0.2) is 0 Å². The summed E-state index contributed by atoms with van der Waals surface area (Å²) in [4.78, 5) is 27.7. The Bertz CT molecular complexity index is 495. The van der Waals surface area contributed by atoms with Crippen LogP contribution in [-0.4, -0.2) is 60.6 Å². The standard InChI is InChI=1S/C16H24F3N3O2/c17-16(18,19)11-20-14(24)22-8-4-15(5-9-22)10-12(15)13(23)21-6-2-1-3-7-21/h12H,1-11H2,(H,20,24)/t12-/m1/s1. The van der Waals surface area contributed by atoms with Crippen LogP contribution in [-0.2, 0) is 4.79 Å². The minimum atomic E-state index is -4.39. The number of halogens is 3. The molecular formula is C16H24F3N3O2. The number of amides is 3. The van der Waals surface area contributed by atoms with Crippen molar-refractivity contribution in [3.05, 3.63) is 0 Å². The molecule has 1 aliphatic carbocycles. The average molecular weight is 347 g/mol. The zero-order valence-electron chi connectivity index (χ0n) is 13.7. The minimum Gasteiger partial charge on any atom is -0.342 e. The van der Waals surface area contributed by atoms with Gasteiger partial charge >= 0.3 is 12.2 Å². The third-order valence-electron chi connectivity index (χ3n) is 5.64. The molecule has 0 unspecified atom stereocenters. The van der Waals surface area contributed by atoms with Crippen LogP contribution in [0.3, 0.4) is 0 Å². The second-order valence-electron chi connectivity index (χ2n) is 7.27. The molecule has 0 aromatic carbocycles. The topological polar surface area (TPSA) is 52.7 Å². The summed E-state index contributed by atoms with van der Waals surface area (Å²) in [5.41, 5.74) is -0.0185. The number of likely N-dealkylation sites (tertiary alicyclic amines) is 2. The van der Waals surface area contributed by atoms with E-state index in [1.54, 1.807) is 0 Å². The van der Waals surface area contributed by atoms with Gasteiger partial charge in [0.2, 0.25) is 5.91 Å². The summed E-state index contributed by atoms with van der Waals surface area (Å²) in [6.07, 6.45) is 1.20. The number of nitrogens with zero attached hydrogens (tertiary/aromatic N) is 2. The van der Waals surface area contributed by atoms with E-state index in [2.05, 4.69) is 0 Å². The average Bonchev–Trinajstić information content (AvgIpc) is 3.26. The zero-order valence-corrected chi connectivity index (χ0v) is 13.7. The lowest BCUT2D eigenvalue weighted by molar-refractivity contribution is -0.134. The number of rotatable bonds is 2. The summed E-state index contributed by atoms with van der Waals surface area (Å²) in [5, 5.41) is 1.91. The Morgan fingerprint density at radius 1 is 1.00 bits per heavy atom. The highest BCUT2D eigenvalue weighted by atomic mass is 19.4. The Kier molecular flexibility index (Phi) is 4.66. The largest absolute Gasteiger partial charge is 0.405 e. The molecule has 2 aliphatic heterocycles. The lowest BCUT2D eigenvalue weighted by Crippen LogP contribution is -2.48. The SMILES string of the molecule is O=C(NCC(F)(F)F)N1CCC2(CC1)C[C@@H]2C(=O)N1CCCCC1. The highest BCUT2D eigenvalue weighted by molar-refractivity contribution is 5.83. The van der Waals surface area contributed by atoms with Crippen LogP contribution in [0.4, 0.5) is 18.0 Å². The molecule has 136 valence electrons. The molecule has 3 fully saturated rings. The summed E-state index contributed by atoms with van der Waals surface area (Å²) in [7, 11) is 0. The molecule has 2 saturated heterocycles. The molecule has 8 heteroatoms. The number of alkyl halides is 3. The van der Waals surface area contributed by atoms with Crippen molar-refractivity contribution < 1.29 is 22.8 Å². The molecule has 5 nitrogen and oxygen atoms in total. The van der Waals surface area contributed by atoms with E-state index in [0.29, 0.717) is 25.9 Å². The molecule has 1 saturated carbocycles. The summed E-state index contributed by atoms with van der Waals surface area (Å²) >= 11 is 0. The van der Waals surface area contributed by atoms with Crippen LogP contribution < -0.4 is 5.32 Å². The summed E-state index contributed by atoms with van der Waals surface area (Å²) in [5.74, 6) is 0.292. The van der Waals surface area contributed by atoms with Gasteiger partial charge in [0, 0.05) is 32.1 Å². The maximum atomic E-state index is 12.6. The van der Waals surface area contributed by atoms with Gasteiger partial charge in [-0.1, -0.05) is 0 Å². The van der Waals surface area contributed by atoms with Gasteiger partial charge < -0.3 is 15.1 Å². The first kappa shape index (κ1) is 17.4. The quantitative estimate of drug-likeness (QED) is 0.834. The summed E-state index contributed by atoms with van der Waals surface area (Å²) < 4.78 is 36.5. The van der Waals surface area contributed by atoms with E-state index in [1.807, 2.05) is 10.2 Å². The Morgan fingerprint density at radius 3 is 2.21 bits per heavy atom. The van der Waals surface area contributed by atoms with Crippen LogP contribution in [0, 0.1) is 11.3 Å². The van der Waals surface area contributed by atoms with Crippen molar-refractivity contribution in [1.82, 2.24) is 15.1 Å². The molecule has 1 N–H and O–H groups in total. The van der Waals surface area contributed by atoms with Crippen LogP contribution >= 0.6 is 0 Å². The van der Waals surface area contributed by atoms with E-state index >= 15 is 0 Å². The van der Waals surface area contributed by atoms with E-state index in [4.69, 9.17) is 0 Å². The minimum absolute atomic E-state index is 0.0185. The lowest BCUT2D eigenvalue weighted by Gasteiger charge is -2.34. The third kappa shape index (κ3) is 3.78. The van der Waals surface area contributed by atoms with Gasteiger partial charge in [-0.05, 0) is 43.9 Å². The molecule has 24 heavy (non-hydrogen) atoms. The van der Waals surface area contributed by atoms with E-state index in [-0.39, 0.29) is 17.2 Å². The first-order chi connectivity index (χ1) is 11.3. The number of hydrogen-bond acceptors (Lipinski definition) is 2. The van der Waals surface area contributed by atoms with Gasteiger partial charge in [-0.25, -0.2) is 4.79 Å². The van der Waals surface area contributed by atoms with Crippen molar-refractivity contribution >= 4 is 11.9 Å². The van der Waals surface area contributed by atoms with E-state index in [1.165, 1.54) is 11.3 Å². The van der Waals surface area contributed by atoms with Gasteiger partial charge in [-0.2, -0.15) is 13.2 Å². The zero-order chi connectivity index (χ0) is 17.4. The number of nitrogens with one attached hydrogen (secondary N) is 1. The van der Waals surface area contributed by atoms with Crippen LogP contribution in [0.2, 0.25) is 0 Å². The smallest absolute Gasteiger partial charge is 0.342 e. The van der Waals surface area contributed by atoms with Crippen LogP contribution in [0.25, 0.3) is 0 Å². The Hall–Kier alpha value is -1.47. The molecule has 0 aromatic heterocycles. The number of piperidine rings is 2. The van der Waals surface area contributed by atoms with Crippen molar-refractivity contribution in [3.8, 4) is 0 Å². The van der Waals surface area contributed by atoms with Crippen molar-refractivity contribution in [2.45, 2.75) is 44.7 Å². The maximum absolute atomic E-state index is 12.6. The van der Waals surface area contributed by atoms with E-state index < -0.39 is 18.8 Å². The van der Waals surface area contributed by atoms with Crippen LogP contribution in [0.1, 0.15) is 38.5 Å². The number of carbonyl (C=O) groups is 2. The van der Waals surface area contributed by atoms with Gasteiger partial charge in [0.25, 0.3) is 0 Å². The molecule has 0 aromatic rings. The summed E-state index contributed by atoms with van der Waals surface area (Å²) in [6.45, 7) is 1.24. The Morgan fingerprint density at radius 2 is 1.62 bits per heavy atom. The molecule has 3 aliphatic rings. The normalized spacial score (nSPS) is 26.4. The van der Waals surface area contributed by atoms with E-state index in [0.717, 1.165) is 32.4 Å². The van der Waals surface area contributed by atoms with Crippen molar-refractivity contribution in [3.63, 3.8) is 0 Å². The number of hydrogen-bond donors (Lipinski definition) is 1. The van der Waals surface area contributed by atoms with Crippen molar-refractivity contribution in [2.75, 3.05) is 32.7 Å². The van der Waals surface area contributed by atoms with Gasteiger partial charge in [0.05, 0.1) is 0 Å². The third-order valence-corrected chi connectivity index (χ3v) is 5.64. The first-order valence-electron chi connectivity index (χ1n) is 8.69. The molecule has 2 heterocycles.